The maximum atomic E-state index is 12.5. The van der Waals surface area contributed by atoms with Gasteiger partial charge in [-0.15, -0.1) is 6.58 Å². The lowest BCUT2D eigenvalue weighted by Crippen LogP contribution is -2.09. The number of benzene rings is 1. The highest BCUT2D eigenvalue weighted by Gasteiger charge is 2.33. The van der Waals surface area contributed by atoms with Crippen molar-refractivity contribution in [3.8, 4) is 6.07 Å². The van der Waals surface area contributed by atoms with Crippen LogP contribution in [0.2, 0.25) is 0 Å². The summed E-state index contributed by atoms with van der Waals surface area (Å²) in [5, 5.41) is 8.51. The summed E-state index contributed by atoms with van der Waals surface area (Å²) < 4.78 is 37.6. The molecule has 0 aliphatic carbocycles. The molecule has 0 saturated heterocycles. The van der Waals surface area contributed by atoms with E-state index in [-0.39, 0.29) is 17.5 Å². The molecule has 0 aromatic heterocycles. The van der Waals surface area contributed by atoms with Crippen molar-refractivity contribution in [1.82, 2.24) is 0 Å². The molecular weight excluding hydrogens is 203 g/mol. The van der Waals surface area contributed by atoms with Gasteiger partial charge in [-0.1, -0.05) is 12.1 Å². The molecule has 0 N–H and O–H groups in total. The zero-order chi connectivity index (χ0) is 11.5. The molecule has 0 atom stereocenters. The molecule has 78 valence electrons. The van der Waals surface area contributed by atoms with Crippen LogP contribution in [0.25, 0.3) is 0 Å². The summed E-state index contributed by atoms with van der Waals surface area (Å²) in [4.78, 5) is 0. The van der Waals surface area contributed by atoms with E-state index >= 15 is 0 Å². The van der Waals surface area contributed by atoms with E-state index in [0.717, 1.165) is 6.07 Å². The maximum Gasteiger partial charge on any atom is 0.416 e. The Labute approximate surface area is 85.5 Å². The number of halogens is 3. The Morgan fingerprint density at radius 3 is 2.53 bits per heavy atom. The maximum absolute atomic E-state index is 12.5. The molecule has 15 heavy (non-hydrogen) atoms. The average molecular weight is 211 g/mol. The zero-order valence-electron chi connectivity index (χ0n) is 7.80. The number of rotatable bonds is 2. The summed E-state index contributed by atoms with van der Waals surface area (Å²) >= 11 is 0. The first kappa shape index (κ1) is 11.3. The Morgan fingerprint density at radius 2 is 2.07 bits per heavy atom. The third-order valence-corrected chi connectivity index (χ3v) is 1.91. The van der Waals surface area contributed by atoms with Crippen LogP contribution in [-0.2, 0) is 12.6 Å². The van der Waals surface area contributed by atoms with Crippen LogP contribution < -0.4 is 0 Å². The summed E-state index contributed by atoms with van der Waals surface area (Å²) in [7, 11) is 0. The van der Waals surface area contributed by atoms with Gasteiger partial charge in [-0.2, -0.15) is 18.4 Å². The SMILES string of the molecule is C=CCc1ccc(C#N)cc1C(F)(F)F. The van der Waals surface area contributed by atoms with Crippen LogP contribution in [0.5, 0.6) is 0 Å². The fourth-order valence-electron chi connectivity index (χ4n) is 1.24. The molecule has 1 nitrogen and oxygen atoms in total. The predicted molar refractivity (Wildman–Crippen MR) is 50.1 cm³/mol. The van der Waals surface area contributed by atoms with Gasteiger partial charge in [0.15, 0.2) is 0 Å². The van der Waals surface area contributed by atoms with Crippen LogP contribution in [0.15, 0.2) is 30.9 Å². The van der Waals surface area contributed by atoms with Crippen LogP contribution in [0.3, 0.4) is 0 Å². The summed E-state index contributed by atoms with van der Waals surface area (Å²) in [6.45, 7) is 3.39. The third kappa shape index (κ3) is 2.59. The van der Waals surface area contributed by atoms with E-state index < -0.39 is 11.7 Å². The van der Waals surface area contributed by atoms with Gasteiger partial charge >= 0.3 is 6.18 Å². The Balaban J connectivity index is 3.30. The number of hydrogen-bond donors (Lipinski definition) is 0. The van der Waals surface area contributed by atoms with Crippen LogP contribution in [0, 0.1) is 11.3 Å². The molecule has 0 saturated carbocycles. The van der Waals surface area contributed by atoms with Crippen molar-refractivity contribution in [2.24, 2.45) is 0 Å². The summed E-state index contributed by atoms with van der Waals surface area (Å²) in [6.07, 6.45) is -2.89. The lowest BCUT2D eigenvalue weighted by molar-refractivity contribution is -0.138. The van der Waals surface area contributed by atoms with Gasteiger partial charge in [0.05, 0.1) is 17.2 Å². The predicted octanol–water partition coefficient (Wildman–Crippen LogP) is 3.31. The van der Waals surface area contributed by atoms with Gasteiger partial charge in [-0.05, 0) is 24.1 Å². The molecule has 0 fully saturated rings. The van der Waals surface area contributed by atoms with Crippen LogP contribution in [0.1, 0.15) is 16.7 Å². The Morgan fingerprint density at radius 1 is 1.40 bits per heavy atom. The molecule has 1 rings (SSSR count). The van der Waals surface area contributed by atoms with Crippen LogP contribution in [0.4, 0.5) is 13.2 Å². The molecule has 0 heterocycles. The molecule has 0 radical (unpaired) electrons. The normalized spacial score (nSPS) is 10.8. The van der Waals surface area contributed by atoms with E-state index in [1.165, 1.54) is 18.2 Å². The standard InChI is InChI=1S/C11H8F3N/c1-2-3-9-5-4-8(7-15)6-10(9)11(12,13)14/h2,4-6H,1,3H2. The number of alkyl halides is 3. The topological polar surface area (TPSA) is 23.8 Å². The van der Waals surface area contributed by atoms with Crippen molar-refractivity contribution < 1.29 is 13.2 Å². The number of nitrogens with zero attached hydrogens (tertiary/aromatic N) is 1. The second kappa shape index (κ2) is 4.18. The lowest BCUT2D eigenvalue weighted by Gasteiger charge is -2.11. The lowest BCUT2D eigenvalue weighted by atomic mass is 10.0. The Bertz CT molecular complexity index is 413. The van der Waals surface area contributed by atoms with E-state index in [1.54, 1.807) is 6.07 Å². The van der Waals surface area contributed by atoms with Gasteiger partial charge < -0.3 is 0 Å². The minimum atomic E-state index is -4.43. The fourth-order valence-corrected chi connectivity index (χ4v) is 1.24. The van der Waals surface area contributed by atoms with Crippen molar-refractivity contribution in [2.45, 2.75) is 12.6 Å². The molecule has 0 spiro atoms. The van der Waals surface area contributed by atoms with Crippen LogP contribution >= 0.6 is 0 Å². The molecule has 0 bridgehead atoms. The number of nitriles is 1. The smallest absolute Gasteiger partial charge is 0.192 e. The molecule has 0 aliphatic rings. The highest BCUT2D eigenvalue weighted by atomic mass is 19.4. The van der Waals surface area contributed by atoms with E-state index in [9.17, 15) is 13.2 Å². The minimum Gasteiger partial charge on any atom is -0.192 e. The van der Waals surface area contributed by atoms with Crippen molar-refractivity contribution in [2.75, 3.05) is 0 Å². The molecular formula is C11H8F3N. The van der Waals surface area contributed by atoms with Gasteiger partial charge in [0.25, 0.3) is 0 Å². The Hall–Kier alpha value is -1.76. The third-order valence-electron chi connectivity index (χ3n) is 1.91. The fraction of sp³-hybridized carbons (Fsp3) is 0.182. The molecule has 0 aliphatic heterocycles. The monoisotopic (exact) mass is 211 g/mol. The van der Waals surface area contributed by atoms with Crippen molar-refractivity contribution >= 4 is 0 Å². The number of hydrogen-bond acceptors (Lipinski definition) is 1. The average Bonchev–Trinajstić information content (AvgIpc) is 2.17. The van der Waals surface area contributed by atoms with Gasteiger partial charge in [0, 0.05) is 0 Å². The van der Waals surface area contributed by atoms with E-state index in [2.05, 4.69) is 6.58 Å². The molecule has 1 aromatic rings. The highest BCUT2D eigenvalue weighted by Crippen LogP contribution is 2.32. The van der Waals surface area contributed by atoms with Crippen molar-refractivity contribution in [3.05, 3.63) is 47.5 Å². The van der Waals surface area contributed by atoms with E-state index in [0.29, 0.717) is 0 Å². The van der Waals surface area contributed by atoms with Gasteiger partial charge in [-0.25, -0.2) is 0 Å². The Kier molecular flexibility index (Phi) is 3.15. The van der Waals surface area contributed by atoms with Crippen molar-refractivity contribution in [3.63, 3.8) is 0 Å². The van der Waals surface area contributed by atoms with Gasteiger partial charge in [-0.3, -0.25) is 0 Å². The first-order valence-electron chi connectivity index (χ1n) is 4.20. The van der Waals surface area contributed by atoms with Crippen molar-refractivity contribution in [1.29, 1.82) is 5.26 Å². The molecule has 0 unspecified atom stereocenters. The minimum absolute atomic E-state index is 0.00939. The largest absolute Gasteiger partial charge is 0.416 e. The summed E-state index contributed by atoms with van der Waals surface area (Å²) in [5.41, 5.74) is -0.618. The summed E-state index contributed by atoms with van der Waals surface area (Å²) in [6, 6.07) is 5.22. The summed E-state index contributed by atoms with van der Waals surface area (Å²) in [5.74, 6) is 0. The van der Waals surface area contributed by atoms with E-state index in [4.69, 9.17) is 5.26 Å². The number of allylic oxidation sites excluding steroid dienone is 1. The molecule has 1 aromatic carbocycles. The zero-order valence-corrected chi connectivity index (χ0v) is 7.80. The van der Waals surface area contributed by atoms with Gasteiger partial charge in [0.1, 0.15) is 0 Å². The second-order valence-electron chi connectivity index (χ2n) is 2.97. The molecule has 4 heteroatoms. The first-order valence-corrected chi connectivity index (χ1v) is 4.20. The first-order chi connectivity index (χ1) is 6.99. The molecule has 0 amide bonds. The van der Waals surface area contributed by atoms with Crippen LogP contribution in [-0.4, -0.2) is 0 Å². The second-order valence-corrected chi connectivity index (χ2v) is 2.97. The van der Waals surface area contributed by atoms with E-state index in [1.807, 2.05) is 0 Å². The highest BCUT2D eigenvalue weighted by molar-refractivity contribution is 5.40. The quantitative estimate of drug-likeness (QED) is 0.688. The van der Waals surface area contributed by atoms with Gasteiger partial charge in [0.2, 0.25) is 0 Å².